The first kappa shape index (κ1) is 39.0. The van der Waals surface area contributed by atoms with Crippen molar-refractivity contribution in [2.75, 3.05) is 0 Å². The molecular formula is C46H58N2O4. The maximum atomic E-state index is 15.9. The normalized spacial score (nSPS) is 16.0. The molecule has 6 heteroatoms. The van der Waals surface area contributed by atoms with Crippen LogP contribution in [0.15, 0.2) is 121 Å². The Hall–Kier alpha value is -4.26. The van der Waals surface area contributed by atoms with E-state index in [1.807, 2.05) is 149 Å². The summed E-state index contributed by atoms with van der Waals surface area (Å²) in [6.45, 7) is 8.15. The first-order chi connectivity index (χ1) is 24.9. The van der Waals surface area contributed by atoms with E-state index in [9.17, 15) is 15.0 Å². The Kier molecular flexibility index (Phi) is 12.8. The average Bonchev–Trinajstić information content (AvgIpc) is 3.12. The maximum Gasteiger partial charge on any atom is 0.238 e. The third-order valence-electron chi connectivity index (χ3n) is 11.2. The van der Waals surface area contributed by atoms with E-state index in [2.05, 4.69) is 0 Å². The third kappa shape index (κ3) is 8.85. The molecule has 2 atom stereocenters. The summed E-state index contributed by atoms with van der Waals surface area (Å²) in [5.74, 6) is -1.55. The van der Waals surface area contributed by atoms with Gasteiger partial charge in [-0.15, -0.1) is 0 Å². The second-order valence-corrected chi connectivity index (χ2v) is 16.0. The smallest absolute Gasteiger partial charge is 0.238 e. The Morgan fingerprint density at radius 2 is 0.865 bits per heavy atom. The second-order valence-electron chi connectivity index (χ2n) is 16.0. The molecule has 52 heavy (non-hydrogen) atoms. The number of hydrogen-bond acceptors (Lipinski definition) is 4. The van der Waals surface area contributed by atoms with Gasteiger partial charge in [-0.05, 0) is 46.9 Å². The molecule has 1 aliphatic rings. The zero-order chi connectivity index (χ0) is 37.4. The van der Waals surface area contributed by atoms with Gasteiger partial charge in [-0.1, -0.05) is 168 Å². The lowest BCUT2D eigenvalue weighted by Gasteiger charge is -2.55. The van der Waals surface area contributed by atoms with Crippen molar-refractivity contribution in [2.45, 2.75) is 109 Å². The highest BCUT2D eigenvalue weighted by atomic mass is 16.3. The Morgan fingerprint density at radius 1 is 0.577 bits per heavy atom. The molecule has 0 spiro atoms. The van der Waals surface area contributed by atoms with E-state index < -0.39 is 34.6 Å². The van der Waals surface area contributed by atoms with Crippen LogP contribution in [-0.4, -0.2) is 50.2 Å². The monoisotopic (exact) mass is 702 g/mol. The molecule has 0 unspecified atom stereocenters. The fraction of sp³-hybridized carbons (Fsp3) is 0.435. The number of aliphatic hydroxyl groups is 2. The first-order valence-corrected chi connectivity index (χ1v) is 19.1. The van der Waals surface area contributed by atoms with Crippen LogP contribution in [0, 0.1) is 17.3 Å². The van der Waals surface area contributed by atoms with Gasteiger partial charge in [-0.2, -0.15) is 0 Å². The van der Waals surface area contributed by atoms with Crippen molar-refractivity contribution in [2.24, 2.45) is 23.0 Å². The molecule has 4 aromatic rings. The molecular weight excluding hydrogens is 645 g/mol. The van der Waals surface area contributed by atoms with Crippen LogP contribution in [0.2, 0.25) is 0 Å². The number of benzene rings is 4. The van der Waals surface area contributed by atoms with Gasteiger partial charge in [0.15, 0.2) is 0 Å². The molecule has 0 heterocycles. The fourth-order valence-corrected chi connectivity index (χ4v) is 9.14. The van der Waals surface area contributed by atoms with E-state index in [0.717, 1.165) is 28.7 Å². The molecule has 0 bridgehead atoms. The molecule has 4 N–H and O–H groups in total. The van der Waals surface area contributed by atoms with Crippen molar-refractivity contribution < 1.29 is 19.8 Å². The van der Waals surface area contributed by atoms with Gasteiger partial charge in [0.05, 0.1) is 23.3 Å². The predicted octanol–water partition coefficient (Wildman–Crippen LogP) is 7.73. The Labute approximate surface area is 311 Å². The average molecular weight is 703 g/mol. The van der Waals surface area contributed by atoms with Gasteiger partial charge >= 0.3 is 0 Å². The number of hydrogen-bond donors (Lipinski definition) is 3. The van der Waals surface area contributed by atoms with Gasteiger partial charge < -0.3 is 20.8 Å². The summed E-state index contributed by atoms with van der Waals surface area (Å²) in [7, 11) is 0. The standard InChI is InChI=1S/C46H58N2O4/c1-34(2)40(45(51,30-36-20-10-5-11-21-36)31-37-22-12-6-13-23-37)48(43(50)44(42(47)49)28-18-9-19-29-44)41(35(3)4)46(52,32-38-24-14-7-15-25-38)33-39-26-16-8-17-27-39/h5-8,10-17,20-27,34-35,40-41,51-52H,9,18-19,28-33H2,1-4H3,(H2,47,49)/t40-,41-/m1/s1. The second kappa shape index (κ2) is 17.0. The van der Waals surface area contributed by atoms with Crippen LogP contribution in [0.4, 0.5) is 0 Å². The van der Waals surface area contributed by atoms with Crippen molar-refractivity contribution in [3.05, 3.63) is 144 Å². The molecule has 0 aromatic heterocycles. The van der Waals surface area contributed by atoms with Gasteiger partial charge in [-0.25, -0.2) is 0 Å². The molecule has 0 radical (unpaired) electrons. The largest absolute Gasteiger partial charge is 0.387 e. The van der Waals surface area contributed by atoms with E-state index >= 15 is 4.79 Å². The molecule has 276 valence electrons. The summed E-state index contributed by atoms with van der Waals surface area (Å²) in [6.07, 6.45) is 4.08. The summed E-state index contributed by atoms with van der Waals surface area (Å²) in [6, 6.07) is 38.0. The van der Waals surface area contributed by atoms with Crippen LogP contribution in [0.1, 0.15) is 82.1 Å². The van der Waals surface area contributed by atoms with Crippen LogP contribution in [0.25, 0.3) is 0 Å². The zero-order valence-corrected chi connectivity index (χ0v) is 31.5. The predicted molar refractivity (Wildman–Crippen MR) is 209 cm³/mol. The van der Waals surface area contributed by atoms with Crippen molar-refractivity contribution in [3.63, 3.8) is 0 Å². The SMILES string of the molecule is CC(C)[C@@H](N(C(=O)C1(C(N)=O)CCCCC1)[C@H](C(C)C)C(O)(Cc1ccccc1)Cc1ccccc1)C(O)(Cc1ccccc1)Cc1ccccc1. The number of amides is 2. The summed E-state index contributed by atoms with van der Waals surface area (Å²) >= 11 is 0. The highest BCUT2D eigenvalue weighted by molar-refractivity contribution is 6.04. The molecule has 1 saturated carbocycles. The quantitative estimate of drug-likeness (QED) is 0.104. The van der Waals surface area contributed by atoms with E-state index in [-0.39, 0.29) is 43.4 Å². The zero-order valence-electron chi connectivity index (χ0n) is 31.5. The molecule has 0 saturated heterocycles. The number of carbonyl (C=O) groups excluding carboxylic acids is 2. The lowest BCUT2D eigenvalue weighted by molar-refractivity contribution is -0.180. The molecule has 1 aliphatic carbocycles. The van der Waals surface area contributed by atoms with E-state index in [0.29, 0.717) is 25.7 Å². The van der Waals surface area contributed by atoms with Crippen LogP contribution in [0.3, 0.4) is 0 Å². The highest BCUT2D eigenvalue weighted by Crippen LogP contribution is 2.45. The van der Waals surface area contributed by atoms with Crippen LogP contribution in [0.5, 0.6) is 0 Å². The lowest BCUT2D eigenvalue weighted by Crippen LogP contribution is -2.71. The Morgan fingerprint density at radius 3 is 1.12 bits per heavy atom. The summed E-state index contributed by atoms with van der Waals surface area (Å²) in [5, 5.41) is 26.9. The highest BCUT2D eigenvalue weighted by Gasteiger charge is 2.57. The number of rotatable bonds is 16. The minimum Gasteiger partial charge on any atom is -0.387 e. The first-order valence-electron chi connectivity index (χ1n) is 19.1. The van der Waals surface area contributed by atoms with Crippen molar-refractivity contribution >= 4 is 11.8 Å². The third-order valence-corrected chi connectivity index (χ3v) is 11.2. The van der Waals surface area contributed by atoms with Gasteiger partial charge in [0, 0.05) is 25.7 Å². The van der Waals surface area contributed by atoms with Crippen molar-refractivity contribution in [3.8, 4) is 0 Å². The maximum absolute atomic E-state index is 15.9. The number of nitrogens with two attached hydrogens (primary N) is 1. The van der Waals surface area contributed by atoms with Crippen LogP contribution < -0.4 is 5.73 Å². The summed E-state index contributed by atoms with van der Waals surface area (Å²) < 4.78 is 0. The minimum atomic E-state index is -1.49. The van der Waals surface area contributed by atoms with Gasteiger partial charge in [0.25, 0.3) is 0 Å². The van der Waals surface area contributed by atoms with Gasteiger partial charge in [0.2, 0.25) is 11.8 Å². The van der Waals surface area contributed by atoms with E-state index in [4.69, 9.17) is 5.73 Å². The van der Waals surface area contributed by atoms with E-state index in [1.165, 1.54) is 0 Å². The van der Waals surface area contributed by atoms with Gasteiger partial charge in [0.1, 0.15) is 5.41 Å². The molecule has 0 aliphatic heterocycles. The van der Waals surface area contributed by atoms with Crippen LogP contribution >= 0.6 is 0 Å². The topological polar surface area (TPSA) is 104 Å². The molecule has 6 nitrogen and oxygen atoms in total. The summed E-state index contributed by atoms with van der Waals surface area (Å²) in [4.78, 5) is 31.4. The summed E-state index contributed by atoms with van der Waals surface area (Å²) in [5.41, 5.74) is 5.61. The molecule has 2 amide bonds. The number of primary amides is 1. The molecule has 4 aromatic carbocycles. The Bertz CT molecular complexity index is 1510. The van der Waals surface area contributed by atoms with Crippen LogP contribution in [-0.2, 0) is 35.3 Å². The van der Waals surface area contributed by atoms with Gasteiger partial charge in [-0.3, -0.25) is 9.59 Å². The van der Waals surface area contributed by atoms with Crippen molar-refractivity contribution in [1.82, 2.24) is 4.90 Å². The molecule has 1 fully saturated rings. The lowest BCUT2D eigenvalue weighted by atomic mass is 9.68. The minimum absolute atomic E-state index is 0.263. The fourth-order valence-electron chi connectivity index (χ4n) is 9.14. The van der Waals surface area contributed by atoms with E-state index in [1.54, 1.807) is 4.90 Å². The molecule has 5 rings (SSSR count). The van der Waals surface area contributed by atoms with Crippen molar-refractivity contribution in [1.29, 1.82) is 0 Å². The Balaban J connectivity index is 1.79. The number of nitrogens with zero attached hydrogens (tertiary/aromatic N) is 1. The number of carbonyl (C=O) groups is 2.